The van der Waals surface area contributed by atoms with Crippen molar-refractivity contribution in [2.45, 2.75) is 91.4 Å². The van der Waals surface area contributed by atoms with E-state index < -0.39 is 10.8 Å². The summed E-state index contributed by atoms with van der Waals surface area (Å²) in [6.07, 6.45) is -1.48. The summed E-state index contributed by atoms with van der Waals surface area (Å²) >= 11 is 0. The molecule has 0 radical (unpaired) electrons. The Hall–Kier alpha value is -8.50. The number of fused-ring (bicyclic) bond motifs is 10. The molecule has 422 valence electrons. The number of hydrogen-bond acceptors (Lipinski definition) is 8. The Morgan fingerprint density at radius 3 is 0.786 bits per heavy atom. The third-order valence-electron chi connectivity index (χ3n) is 17.0. The first kappa shape index (κ1) is 54.7. The molecule has 0 saturated heterocycles. The molecule has 8 heteroatoms. The van der Waals surface area contributed by atoms with Crippen LogP contribution in [-0.4, -0.2) is 51.6 Å². The largest absolute Gasteiger partial charge is 0.465 e. The molecular weight excluding hydrogens is 1040 g/mol. The van der Waals surface area contributed by atoms with E-state index in [0.717, 1.165) is 66.1 Å². The molecule has 11 aromatic carbocycles. The van der Waals surface area contributed by atoms with Gasteiger partial charge >= 0.3 is 0 Å². The van der Waals surface area contributed by atoms with Crippen LogP contribution in [-0.2, 0) is 29.8 Å². The zero-order valence-corrected chi connectivity index (χ0v) is 49.0. The molecule has 13 rings (SSSR count). The van der Waals surface area contributed by atoms with Crippen LogP contribution in [0.15, 0.2) is 206 Å². The van der Waals surface area contributed by atoms with Crippen LogP contribution in [0.5, 0.6) is 23.0 Å². The molecule has 11 aromatic rings. The molecule has 0 amide bonds. The van der Waals surface area contributed by atoms with Gasteiger partial charge < -0.3 is 37.9 Å². The minimum atomic E-state index is -0.758. The Labute approximate surface area is 492 Å². The highest BCUT2D eigenvalue weighted by Crippen LogP contribution is 2.63. The summed E-state index contributed by atoms with van der Waals surface area (Å²) in [6.45, 7) is 18.0. The van der Waals surface area contributed by atoms with Crippen molar-refractivity contribution in [3.8, 4) is 45.3 Å². The van der Waals surface area contributed by atoms with Crippen molar-refractivity contribution in [1.82, 2.24) is 0 Å². The van der Waals surface area contributed by atoms with Gasteiger partial charge in [-0.3, -0.25) is 0 Å². The van der Waals surface area contributed by atoms with Crippen LogP contribution in [0.25, 0.3) is 65.3 Å². The topological polar surface area (TPSA) is 73.8 Å². The molecule has 4 unspecified atom stereocenters. The molecule has 0 N–H and O–H groups in total. The van der Waals surface area contributed by atoms with Crippen molar-refractivity contribution in [1.29, 1.82) is 0 Å². The Morgan fingerprint density at radius 1 is 0.262 bits per heavy atom. The van der Waals surface area contributed by atoms with Gasteiger partial charge in [-0.15, -0.1) is 0 Å². The standard InChI is InChI=1S/C76H70O8/c1-9-77-47(5)81-63-33-25-51-37-59(29-21-55(51)41-63)75(60-30-22-56-42-64(34-26-52(56)38-60)82-48(6)78-10-2)71-19-15-13-17-67(71)69-46-74-70(45-73(69)75)68-18-14-16-20-72(68)76(74,61-31-23-57-43-65(35-27-53(57)39-61)83-49(7)79-11-3)62-32-24-58-44-66(36-28-54(58)40-62)84-50(8)80-12-4/h13-50H,9-12H2,1-8H3. The smallest absolute Gasteiger partial charge is 0.196 e. The first-order chi connectivity index (χ1) is 41.0. The lowest BCUT2D eigenvalue weighted by Gasteiger charge is -2.36. The molecule has 0 aliphatic heterocycles. The number of ether oxygens (including phenoxy) is 8. The minimum Gasteiger partial charge on any atom is -0.465 e. The summed E-state index contributed by atoms with van der Waals surface area (Å²) in [5.74, 6) is 3.07. The van der Waals surface area contributed by atoms with E-state index in [1.807, 2.05) is 55.4 Å². The zero-order valence-electron chi connectivity index (χ0n) is 49.0. The molecule has 0 bridgehead atoms. The van der Waals surface area contributed by atoms with Crippen LogP contribution in [0, 0.1) is 0 Å². The van der Waals surface area contributed by atoms with Gasteiger partial charge in [-0.1, -0.05) is 121 Å². The average Bonchev–Trinajstić information content (AvgIpc) is 1.54. The SMILES string of the molecule is CCOC(C)Oc1ccc2cc(C3(c4ccc5cc(OC(C)OCC)ccc5c4)c4ccccc4-c4cc5c(cc43)-c3ccccc3C5(c3ccc4cc(OC(C)OCC)ccc4c3)c3ccc4cc(OC(C)OCC)ccc4c3)ccc2c1. The van der Waals surface area contributed by atoms with Crippen molar-refractivity contribution < 1.29 is 37.9 Å². The van der Waals surface area contributed by atoms with Gasteiger partial charge in [-0.25, -0.2) is 0 Å². The summed E-state index contributed by atoms with van der Waals surface area (Å²) in [5.41, 5.74) is 12.8. The van der Waals surface area contributed by atoms with E-state index in [2.05, 4.69) is 206 Å². The predicted molar refractivity (Wildman–Crippen MR) is 338 cm³/mol. The minimum absolute atomic E-state index is 0.370. The molecule has 0 aromatic heterocycles. The van der Waals surface area contributed by atoms with Crippen LogP contribution < -0.4 is 18.9 Å². The van der Waals surface area contributed by atoms with Crippen molar-refractivity contribution in [3.63, 3.8) is 0 Å². The Kier molecular flexibility index (Phi) is 14.7. The average molecular weight is 1110 g/mol. The van der Waals surface area contributed by atoms with Crippen LogP contribution in [0.2, 0.25) is 0 Å². The first-order valence-corrected chi connectivity index (χ1v) is 29.7. The van der Waals surface area contributed by atoms with E-state index in [0.29, 0.717) is 26.4 Å². The van der Waals surface area contributed by atoms with E-state index in [1.54, 1.807) is 0 Å². The molecule has 0 saturated carbocycles. The molecule has 84 heavy (non-hydrogen) atoms. The van der Waals surface area contributed by atoms with Gasteiger partial charge in [0.1, 0.15) is 23.0 Å². The fourth-order valence-corrected chi connectivity index (χ4v) is 13.6. The maximum Gasteiger partial charge on any atom is 0.196 e. The highest BCUT2D eigenvalue weighted by Gasteiger charge is 2.51. The quantitative estimate of drug-likeness (QED) is 0.0699. The molecule has 8 nitrogen and oxygen atoms in total. The second-order valence-electron chi connectivity index (χ2n) is 22.0. The lowest BCUT2D eigenvalue weighted by atomic mass is 9.65. The van der Waals surface area contributed by atoms with Gasteiger partial charge in [0, 0.05) is 26.4 Å². The van der Waals surface area contributed by atoms with Crippen molar-refractivity contribution >= 4 is 43.1 Å². The van der Waals surface area contributed by atoms with Gasteiger partial charge in [0.15, 0.2) is 25.2 Å². The molecule has 0 heterocycles. The Bertz CT molecular complexity index is 3810. The molecule has 2 aliphatic rings. The lowest BCUT2D eigenvalue weighted by Crippen LogP contribution is -2.30. The summed E-state index contributed by atoms with van der Waals surface area (Å²) < 4.78 is 48.1. The summed E-state index contributed by atoms with van der Waals surface area (Å²) in [7, 11) is 0. The van der Waals surface area contributed by atoms with Gasteiger partial charge in [0.05, 0.1) is 10.8 Å². The molecule has 0 spiro atoms. The molecule has 2 aliphatic carbocycles. The number of benzene rings is 11. The highest BCUT2D eigenvalue weighted by molar-refractivity contribution is 5.98. The lowest BCUT2D eigenvalue weighted by molar-refractivity contribution is -0.0616. The molecular formula is C76H70O8. The molecule has 4 atom stereocenters. The monoisotopic (exact) mass is 1110 g/mol. The van der Waals surface area contributed by atoms with E-state index in [-0.39, 0.29) is 25.2 Å². The Balaban J connectivity index is 1.06. The second kappa shape index (κ2) is 22.6. The van der Waals surface area contributed by atoms with E-state index in [9.17, 15) is 0 Å². The molecule has 0 fully saturated rings. The fourth-order valence-electron chi connectivity index (χ4n) is 13.6. The maximum absolute atomic E-state index is 6.24. The maximum atomic E-state index is 6.24. The van der Waals surface area contributed by atoms with Crippen LogP contribution >= 0.6 is 0 Å². The van der Waals surface area contributed by atoms with E-state index in [1.165, 1.54) is 66.8 Å². The normalized spacial score (nSPS) is 17.3. The third kappa shape index (κ3) is 9.52. The predicted octanol–water partition coefficient (Wildman–Crippen LogP) is 18.1. The summed E-state index contributed by atoms with van der Waals surface area (Å²) in [5, 5.41) is 8.79. The van der Waals surface area contributed by atoms with Crippen molar-refractivity contribution in [3.05, 3.63) is 251 Å². The van der Waals surface area contributed by atoms with E-state index >= 15 is 0 Å². The van der Waals surface area contributed by atoms with Crippen LogP contribution in [0.1, 0.15) is 99.9 Å². The first-order valence-electron chi connectivity index (χ1n) is 29.7. The van der Waals surface area contributed by atoms with Crippen LogP contribution in [0.4, 0.5) is 0 Å². The van der Waals surface area contributed by atoms with E-state index in [4.69, 9.17) is 37.9 Å². The number of hydrogen-bond donors (Lipinski definition) is 0. The van der Waals surface area contributed by atoms with Gasteiger partial charge in [-0.05, 0) is 250 Å². The van der Waals surface area contributed by atoms with Crippen molar-refractivity contribution in [2.24, 2.45) is 0 Å². The van der Waals surface area contributed by atoms with Crippen LogP contribution in [0.3, 0.4) is 0 Å². The number of rotatable bonds is 20. The Morgan fingerprint density at radius 2 is 0.512 bits per heavy atom. The zero-order chi connectivity index (χ0) is 57.7. The van der Waals surface area contributed by atoms with Gasteiger partial charge in [-0.2, -0.15) is 0 Å². The van der Waals surface area contributed by atoms with Gasteiger partial charge in [0.2, 0.25) is 0 Å². The second-order valence-corrected chi connectivity index (χ2v) is 22.0. The van der Waals surface area contributed by atoms with Crippen molar-refractivity contribution in [2.75, 3.05) is 26.4 Å². The highest BCUT2D eigenvalue weighted by atomic mass is 16.7. The summed E-state index contributed by atoms with van der Waals surface area (Å²) in [6, 6.07) is 76.6. The summed E-state index contributed by atoms with van der Waals surface area (Å²) in [4.78, 5) is 0. The fraction of sp³-hybridized carbons (Fsp3) is 0.237. The van der Waals surface area contributed by atoms with Gasteiger partial charge in [0.25, 0.3) is 0 Å². The third-order valence-corrected chi connectivity index (χ3v) is 17.0.